The molecule has 1 amide bonds. The Kier molecular flexibility index (Phi) is 7.38. The monoisotopic (exact) mass is 476 g/mol. The van der Waals surface area contributed by atoms with Crippen LogP contribution in [0.1, 0.15) is 56.6 Å². The molecule has 2 fully saturated rings. The highest BCUT2D eigenvalue weighted by Crippen LogP contribution is 2.40. The molecule has 0 radical (unpaired) electrons. The van der Waals surface area contributed by atoms with Crippen molar-refractivity contribution >= 4 is 27.7 Å². The lowest BCUT2D eigenvalue weighted by atomic mass is 9.96. The zero-order valence-electron chi connectivity index (χ0n) is 18.0. The number of hydrogen-bond donors (Lipinski definition) is 1. The minimum Gasteiger partial charge on any atom is -0.448 e. The van der Waals surface area contributed by atoms with Crippen LogP contribution in [0.15, 0.2) is 59.5 Å². The lowest BCUT2D eigenvalue weighted by Gasteiger charge is -2.30. The van der Waals surface area contributed by atoms with Gasteiger partial charge >= 0.3 is 6.09 Å². The van der Waals surface area contributed by atoms with Crippen molar-refractivity contribution in [3.05, 3.63) is 65.2 Å². The van der Waals surface area contributed by atoms with E-state index in [0.29, 0.717) is 17.9 Å². The van der Waals surface area contributed by atoms with Gasteiger partial charge in [0.2, 0.25) is 10.0 Å². The fourth-order valence-corrected chi connectivity index (χ4v) is 6.69. The average Bonchev–Trinajstić information content (AvgIpc) is 3.24. The predicted octanol–water partition coefficient (Wildman–Crippen LogP) is 5.29. The Balaban J connectivity index is 1.52. The molecule has 2 atom stereocenters. The van der Waals surface area contributed by atoms with Crippen LogP contribution in [0.5, 0.6) is 0 Å². The van der Waals surface area contributed by atoms with E-state index in [-0.39, 0.29) is 23.6 Å². The van der Waals surface area contributed by atoms with Crippen LogP contribution < -0.4 is 5.32 Å². The number of halogens is 1. The van der Waals surface area contributed by atoms with Crippen molar-refractivity contribution in [1.29, 1.82) is 0 Å². The Morgan fingerprint density at radius 2 is 1.66 bits per heavy atom. The highest BCUT2D eigenvalue weighted by atomic mass is 35.5. The van der Waals surface area contributed by atoms with Crippen LogP contribution >= 0.6 is 11.6 Å². The molecule has 1 N–H and O–H groups in total. The quantitative estimate of drug-likeness (QED) is 0.614. The first-order valence-electron chi connectivity index (χ1n) is 11.2. The second-order valence-electron chi connectivity index (χ2n) is 8.52. The lowest BCUT2D eigenvalue weighted by molar-refractivity contribution is 0.116. The largest absolute Gasteiger partial charge is 0.448 e. The highest BCUT2D eigenvalue weighted by Gasteiger charge is 2.43. The molecular formula is C24H29ClN2O4S. The number of nitrogens with one attached hydrogen (secondary N) is 1. The third-order valence-corrected chi connectivity index (χ3v) is 8.58. The first-order chi connectivity index (χ1) is 15.4. The van der Waals surface area contributed by atoms with E-state index in [1.165, 1.54) is 22.9 Å². The van der Waals surface area contributed by atoms with E-state index in [1.807, 2.05) is 30.3 Å². The molecule has 2 aromatic rings. The molecule has 32 heavy (non-hydrogen) atoms. The van der Waals surface area contributed by atoms with Crippen molar-refractivity contribution in [1.82, 2.24) is 9.62 Å². The summed E-state index contributed by atoms with van der Waals surface area (Å²) in [6.45, 7) is 0.0225. The van der Waals surface area contributed by atoms with Crippen LogP contribution in [0.3, 0.4) is 0 Å². The van der Waals surface area contributed by atoms with Crippen molar-refractivity contribution < 1.29 is 17.9 Å². The van der Waals surface area contributed by atoms with Crippen LogP contribution in [0.2, 0.25) is 5.02 Å². The summed E-state index contributed by atoms with van der Waals surface area (Å²) in [5.41, 5.74) is 0.930. The molecule has 0 unspecified atom stereocenters. The van der Waals surface area contributed by atoms with E-state index in [9.17, 15) is 13.2 Å². The topological polar surface area (TPSA) is 75.7 Å². The number of rotatable bonds is 6. The first-order valence-corrected chi connectivity index (χ1v) is 13.0. The summed E-state index contributed by atoms with van der Waals surface area (Å²) in [6.07, 6.45) is 6.16. The summed E-state index contributed by atoms with van der Waals surface area (Å²) < 4.78 is 34.3. The summed E-state index contributed by atoms with van der Waals surface area (Å²) in [5, 5.41) is 3.41. The second kappa shape index (κ2) is 10.2. The van der Waals surface area contributed by atoms with E-state index in [2.05, 4.69) is 5.32 Å². The van der Waals surface area contributed by atoms with Crippen LogP contribution in [-0.4, -0.2) is 37.5 Å². The van der Waals surface area contributed by atoms with Gasteiger partial charge in [0.1, 0.15) is 6.61 Å². The Labute approximate surface area is 195 Å². The number of alkyl carbamates (subject to hydrolysis) is 1. The summed E-state index contributed by atoms with van der Waals surface area (Å²) in [5.74, 6) is 0. The molecule has 0 spiro atoms. The van der Waals surface area contributed by atoms with Crippen LogP contribution in [0.25, 0.3) is 0 Å². The number of hydrogen-bond acceptors (Lipinski definition) is 4. The number of amides is 1. The van der Waals surface area contributed by atoms with Crippen LogP contribution in [0.4, 0.5) is 4.79 Å². The van der Waals surface area contributed by atoms with Gasteiger partial charge < -0.3 is 10.1 Å². The molecule has 8 heteroatoms. The molecule has 1 saturated heterocycles. The normalized spacial score (nSPS) is 22.5. The van der Waals surface area contributed by atoms with Crippen molar-refractivity contribution in [2.24, 2.45) is 0 Å². The van der Waals surface area contributed by atoms with Crippen molar-refractivity contribution in [3.63, 3.8) is 0 Å². The van der Waals surface area contributed by atoms with Gasteiger partial charge in [-0.25, -0.2) is 13.2 Å². The third-order valence-electron chi connectivity index (χ3n) is 6.35. The van der Waals surface area contributed by atoms with Gasteiger partial charge in [-0.2, -0.15) is 4.31 Å². The molecule has 1 saturated carbocycles. The predicted molar refractivity (Wildman–Crippen MR) is 124 cm³/mol. The number of benzene rings is 2. The minimum atomic E-state index is -3.81. The van der Waals surface area contributed by atoms with Gasteiger partial charge in [-0.05, 0) is 55.5 Å². The van der Waals surface area contributed by atoms with E-state index >= 15 is 0 Å². The molecule has 6 nitrogen and oxygen atoms in total. The van der Waals surface area contributed by atoms with Crippen LogP contribution in [-0.2, 0) is 14.8 Å². The van der Waals surface area contributed by atoms with Gasteiger partial charge in [-0.15, -0.1) is 0 Å². The number of carbonyl (C=O) groups is 1. The second-order valence-corrected chi connectivity index (χ2v) is 10.8. The van der Waals surface area contributed by atoms with Gasteiger partial charge in [-0.3, -0.25) is 0 Å². The maximum atomic E-state index is 13.6. The molecular weight excluding hydrogens is 448 g/mol. The van der Waals surface area contributed by atoms with E-state index in [0.717, 1.165) is 31.2 Å². The zero-order chi connectivity index (χ0) is 22.6. The van der Waals surface area contributed by atoms with E-state index < -0.39 is 22.2 Å². The average molecular weight is 477 g/mol. The smallest absolute Gasteiger partial charge is 0.407 e. The maximum Gasteiger partial charge on any atom is 0.407 e. The fourth-order valence-electron chi connectivity index (χ4n) is 4.72. The highest BCUT2D eigenvalue weighted by molar-refractivity contribution is 7.89. The van der Waals surface area contributed by atoms with Gasteiger partial charge in [0.15, 0.2) is 0 Å². The Bertz CT molecular complexity index is 1010. The maximum absolute atomic E-state index is 13.6. The molecule has 1 heterocycles. The molecule has 1 aliphatic heterocycles. The van der Waals surface area contributed by atoms with Crippen molar-refractivity contribution in [2.45, 2.75) is 68.0 Å². The van der Waals surface area contributed by atoms with Crippen molar-refractivity contribution in [2.75, 3.05) is 6.61 Å². The number of sulfonamides is 1. The Morgan fingerprint density at radius 3 is 2.34 bits per heavy atom. The molecule has 0 bridgehead atoms. The standard InChI is InChI=1S/C24H29ClN2O4S/c25-19-11-14-22(15-12-19)32(29,30)27-21(13-16-23(27)18-7-3-1-4-8-18)17-31-24(28)26-20-9-5-2-6-10-20/h1,3-4,7-8,11-12,14-15,20-21,23H,2,5-6,9-10,13,16-17H2,(H,26,28)/t21-,23+/m1/s1. The molecule has 2 aliphatic rings. The van der Waals surface area contributed by atoms with E-state index in [4.69, 9.17) is 16.3 Å². The molecule has 2 aromatic carbocycles. The van der Waals surface area contributed by atoms with Gasteiger partial charge in [0.05, 0.1) is 17.0 Å². The first kappa shape index (κ1) is 23.1. The number of nitrogens with zero attached hydrogens (tertiary/aromatic N) is 1. The summed E-state index contributed by atoms with van der Waals surface area (Å²) in [6, 6.07) is 15.2. The van der Waals surface area contributed by atoms with Gasteiger partial charge in [0.25, 0.3) is 0 Å². The summed E-state index contributed by atoms with van der Waals surface area (Å²) >= 11 is 5.97. The van der Waals surface area contributed by atoms with Gasteiger partial charge in [0, 0.05) is 11.1 Å². The van der Waals surface area contributed by atoms with Gasteiger partial charge in [-0.1, -0.05) is 61.2 Å². The minimum absolute atomic E-state index is 0.0225. The Morgan fingerprint density at radius 1 is 0.969 bits per heavy atom. The summed E-state index contributed by atoms with van der Waals surface area (Å²) in [4.78, 5) is 12.5. The fraction of sp³-hybridized carbons (Fsp3) is 0.458. The van der Waals surface area contributed by atoms with E-state index in [1.54, 1.807) is 12.1 Å². The lowest BCUT2D eigenvalue weighted by Crippen LogP contribution is -2.42. The zero-order valence-corrected chi connectivity index (χ0v) is 19.5. The molecule has 1 aliphatic carbocycles. The third kappa shape index (κ3) is 5.27. The summed E-state index contributed by atoms with van der Waals surface area (Å²) in [7, 11) is -3.81. The molecule has 172 valence electrons. The van der Waals surface area contributed by atoms with Crippen molar-refractivity contribution in [3.8, 4) is 0 Å². The number of carbonyl (C=O) groups excluding carboxylic acids is 1. The molecule has 0 aromatic heterocycles. The Hall–Kier alpha value is -2.09. The van der Waals surface area contributed by atoms with Crippen LogP contribution in [0, 0.1) is 0 Å². The SMILES string of the molecule is O=C(NC1CCCCC1)OC[C@H]1CC[C@@H](c2ccccc2)N1S(=O)(=O)c1ccc(Cl)cc1. The number of ether oxygens (including phenoxy) is 1. The molecule has 4 rings (SSSR count).